The lowest BCUT2D eigenvalue weighted by molar-refractivity contribution is 0.491. The van der Waals surface area contributed by atoms with E-state index in [1.165, 1.54) is 11.1 Å². The third-order valence-corrected chi connectivity index (χ3v) is 3.66. The van der Waals surface area contributed by atoms with Gasteiger partial charge in [0, 0.05) is 12.0 Å². The van der Waals surface area contributed by atoms with Gasteiger partial charge in [0.05, 0.1) is 0 Å². The Hall–Kier alpha value is -1.60. The van der Waals surface area contributed by atoms with Crippen LogP contribution in [0.25, 0.3) is 0 Å². The molecule has 0 aliphatic heterocycles. The summed E-state index contributed by atoms with van der Waals surface area (Å²) in [5, 5.41) is 0. The summed E-state index contributed by atoms with van der Waals surface area (Å²) in [5.74, 6) is 0.406. The monoisotopic (exact) mass is 253 g/mol. The maximum atomic E-state index is 6.41. The summed E-state index contributed by atoms with van der Waals surface area (Å²) in [6, 6.07) is 21.5. The molecule has 0 radical (unpaired) electrons. The molecule has 0 amide bonds. The van der Waals surface area contributed by atoms with Crippen LogP contribution in [-0.4, -0.2) is 6.04 Å². The van der Waals surface area contributed by atoms with E-state index in [-0.39, 0.29) is 6.04 Å². The van der Waals surface area contributed by atoms with Crippen molar-refractivity contribution in [3.8, 4) is 0 Å². The van der Waals surface area contributed by atoms with Gasteiger partial charge in [-0.25, -0.2) is 0 Å². The van der Waals surface area contributed by atoms with Crippen molar-refractivity contribution in [2.24, 2.45) is 5.73 Å². The topological polar surface area (TPSA) is 26.0 Å². The van der Waals surface area contributed by atoms with Crippen molar-refractivity contribution < 1.29 is 0 Å². The van der Waals surface area contributed by atoms with Crippen LogP contribution in [0.5, 0.6) is 0 Å². The predicted molar refractivity (Wildman–Crippen MR) is 82.2 cm³/mol. The SMILES string of the molecule is CCCC(N)C(Cc1ccccc1)c1ccccc1. The van der Waals surface area contributed by atoms with E-state index in [0.29, 0.717) is 5.92 Å². The Morgan fingerprint density at radius 1 is 0.895 bits per heavy atom. The Balaban J connectivity index is 2.20. The Morgan fingerprint density at radius 2 is 1.47 bits per heavy atom. The van der Waals surface area contributed by atoms with Crippen LogP contribution in [0.1, 0.15) is 36.8 Å². The van der Waals surface area contributed by atoms with E-state index >= 15 is 0 Å². The molecule has 1 nitrogen and oxygen atoms in total. The van der Waals surface area contributed by atoms with Gasteiger partial charge in [0.15, 0.2) is 0 Å². The minimum absolute atomic E-state index is 0.229. The second-order valence-electron chi connectivity index (χ2n) is 5.16. The second-order valence-corrected chi connectivity index (χ2v) is 5.16. The first-order valence-corrected chi connectivity index (χ1v) is 7.15. The van der Waals surface area contributed by atoms with Gasteiger partial charge in [-0.1, -0.05) is 74.0 Å². The molecule has 0 aliphatic rings. The van der Waals surface area contributed by atoms with Crippen molar-refractivity contribution in [3.63, 3.8) is 0 Å². The molecular formula is C18H23N. The molecule has 0 spiro atoms. The molecule has 2 N–H and O–H groups in total. The zero-order valence-corrected chi connectivity index (χ0v) is 11.6. The molecule has 2 aromatic rings. The third-order valence-electron chi connectivity index (χ3n) is 3.66. The lowest BCUT2D eigenvalue weighted by atomic mass is 9.84. The van der Waals surface area contributed by atoms with Gasteiger partial charge in [-0.3, -0.25) is 0 Å². The fourth-order valence-electron chi connectivity index (χ4n) is 2.62. The van der Waals surface area contributed by atoms with Gasteiger partial charge in [-0.05, 0) is 24.0 Å². The van der Waals surface area contributed by atoms with E-state index in [1.54, 1.807) is 0 Å². The van der Waals surface area contributed by atoms with Gasteiger partial charge in [-0.2, -0.15) is 0 Å². The molecule has 0 fully saturated rings. The number of rotatable bonds is 6. The molecule has 1 heteroatoms. The summed E-state index contributed by atoms with van der Waals surface area (Å²) in [7, 11) is 0. The van der Waals surface area contributed by atoms with Crippen molar-refractivity contribution in [1.82, 2.24) is 0 Å². The van der Waals surface area contributed by atoms with Gasteiger partial charge >= 0.3 is 0 Å². The lowest BCUT2D eigenvalue weighted by Crippen LogP contribution is -2.29. The lowest BCUT2D eigenvalue weighted by Gasteiger charge is -2.24. The van der Waals surface area contributed by atoms with Gasteiger partial charge in [0.25, 0.3) is 0 Å². The third kappa shape index (κ3) is 3.93. The largest absolute Gasteiger partial charge is 0.327 e. The minimum atomic E-state index is 0.229. The molecule has 100 valence electrons. The van der Waals surface area contributed by atoms with Crippen molar-refractivity contribution in [3.05, 3.63) is 71.8 Å². The maximum Gasteiger partial charge on any atom is 0.0111 e. The Bertz CT molecular complexity index is 464. The molecule has 19 heavy (non-hydrogen) atoms. The minimum Gasteiger partial charge on any atom is -0.327 e. The molecule has 2 aromatic carbocycles. The van der Waals surface area contributed by atoms with E-state index in [1.807, 2.05) is 0 Å². The average Bonchev–Trinajstić information content (AvgIpc) is 2.47. The zero-order chi connectivity index (χ0) is 13.5. The summed E-state index contributed by atoms with van der Waals surface area (Å²) in [6.45, 7) is 2.20. The van der Waals surface area contributed by atoms with Crippen molar-refractivity contribution >= 4 is 0 Å². The van der Waals surface area contributed by atoms with Gasteiger partial charge < -0.3 is 5.73 Å². The highest BCUT2D eigenvalue weighted by molar-refractivity contribution is 5.25. The highest BCUT2D eigenvalue weighted by atomic mass is 14.6. The normalized spacial score (nSPS) is 14.0. The first kappa shape index (κ1) is 13.8. The van der Waals surface area contributed by atoms with E-state index in [9.17, 15) is 0 Å². The molecule has 0 saturated carbocycles. The van der Waals surface area contributed by atoms with Gasteiger partial charge in [-0.15, -0.1) is 0 Å². The van der Waals surface area contributed by atoms with Gasteiger partial charge in [0.2, 0.25) is 0 Å². The second kappa shape index (κ2) is 7.10. The van der Waals surface area contributed by atoms with E-state index in [2.05, 4.69) is 67.6 Å². The molecular weight excluding hydrogens is 230 g/mol. The number of hydrogen-bond donors (Lipinski definition) is 1. The summed E-state index contributed by atoms with van der Waals surface area (Å²) in [5.41, 5.74) is 9.13. The van der Waals surface area contributed by atoms with Crippen LogP contribution in [-0.2, 0) is 6.42 Å². The van der Waals surface area contributed by atoms with Crippen LogP contribution >= 0.6 is 0 Å². The first-order valence-electron chi connectivity index (χ1n) is 7.15. The number of benzene rings is 2. The van der Waals surface area contributed by atoms with Crippen LogP contribution in [0, 0.1) is 0 Å². The number of nitrogens with two attached hydrogens (primary N) is 1. The quantitative estimate of drug-likeness (QED) is 0.822. The van der Waals surface area contributed by atoms with E-state index in [0.717, 1.165) is 19.3 Å². The van der Waals surface area contributed by atoms with Crippen LogP contribution in [0.15, 0.2) is 60.7 Å². The van der Waals surface area contributed by atoms with E-state index < -0.39 is 0 Å². The van der Waals surface area contributed by atoms with Crippen molar-refractivity contribution in [2.75, 3.05) is 0 Å². The fourth-order valence-corrected chi connectivity index (χ4v) is 2.62. The zero-order valence-electron chi connectivity index (χ0n) is 11.6. The molecule has 2 atom stereocenters. The first-order chi connectivity index (χ1) is 9.31. The van der Waals surface area contributed by atoms with Crippen molar-refractivity contribution in [1.29, 1.82) is 0 Å². The molecule has 2 unspecified atom stereocenters. The average molecular weight is 253 g/mol. The number of hydrogen-bond acceptors (Lipinski definition) is 1. The Morgan fingerprint density at radius 3 is 2.05 bits per heavy atom. The molecule has 0 saturated heterocycles. The Kier molecular flexibility index (Phi) is 5.17. The molecule has 0 aliphatic carbocycles. The molecule has 0 bridgehead atoms. The van der Waals surface area contributed by atoms with Crippen LogP contribution in [0.2, 0.25) is 0 Å². The van der Waals surface area contributed by atoms with E-state index in [4.69, 9.17) is 5.73 Å². The molecule has 0 aromatic heterocycles. The van der Waals surface area contributed by atoms with Crippen LogP contribution in [0.3, 0.4) is 0 Å². The van der Waals surface area contributed by atoms with Crippen molar-refractivity contribution in [2.45, 2.75) is 38.1 Å². The van der Waals surface area contributed by atoms with Gasteiger partial charge in [0.1, 0.15) is 0 Å². The fraction of sp³-hybridized carbons (Fsp3) is 0.333. The Labute approximate surface area is 116 Å². The summed E-state index contributed by atoms with van der Waals surface area (Å²) in [4.78, 5) is 0. The smallest absolute Gasteiger partial charge is 0.0111 e. The molecule has 2 rings (SSSR count). The van der Waals surface area contributed by atoms with Crippen LogP contribution < -0.4 is 5.73 Å². The highest BCUT2D eigenvalue weighted by Gasteiger charge is 2.19. The summed E-state index contributed by atoms with van der Waals surface area (Å²) in [6.07, 6.45) is 3.23. The predicted octanol–water partition coefficient (Wildman–Crippen LogP) is 4.14. The highest BCUT2D eigenvalue weighted by Crippen LogP contribution is 2.25. The maximum absolute atomic E-state index is 6.41. The summed E-state index contributed by atoms with van der Waals surface area (Å²) < 4.78 is 0. The van der Waals surface area contributed by atoms with Crippen LogP contribution in [0.4, 0.5) is 0 Å². The standard InChI is InChI=1S/C18H23N/c1-2-9-18(19)17(16-12-7-4-8-13-16)14-15-10-5-3-6-11-15/h3-8,10-13,17-18H,2,9,14,19H2,1H3. The molecule has 0 heterocycles. The summed E-state index contributed by atoms with van der Waals surface area (Å²) >= 11 is 0.